The molecule has 4 aromatic rings. The summed E-state index contributed by atoms with van der Waals surface area (Å²) in [6, 6.07) is 11.6. The lowest BCUT2D eigenvalue weighted by molar-refractivity contribution is 0.494. The highest BCUT2D eigenvalue weighted by Crippen LogP contribution is 2.19. The molecule has 2 aromatic heterocycles. The SMILES string of the molecule is Cc1ccc(-c2nnc(CNS(=O)(=O)c3ccc4[nH]c(=O)oc4c3)o2)cc1. The van der Waals surface area contributed by atoms with Gasteiger partial charge in [0.05, 0.1) is 17.0 Å². The minimum atomic E-state index is -3.86. The largest absolute Gasteiger partial charge is 0.419 e. The van der Waals surface area contributed by atoms with Gasteiger partial charge in [0, 0.05) is 11.6 Å². The lowest BCUT2D eigenvalue weighted by Crippen LogP contribution is -2.23. The minimum absolute atomic E-state index is 0.0453. The number of hydrogen-bond acceptors (Lipinski definition) is 7. The van der Waals surface area contributed by atoms with Gasteiger partial charge in [0.25, 0.3) is 0 Å². The summed E-state index contributed by atoms with van der Waals surface area (Å²) in [7, 11) is -3.86. The van der Waals surface area contributed by atoms with E-state index in [0.29, 0.717) is 11.4 Å². The van der Waals surface area contributed by atoms with Crippen molar-refractivity contribution in [1.82, 2.24) is 19.9 Å². The number of nitrogens with zero attached hydrogens (tertiary/aromatic N) is 2. The number of fused-ring (bicyclic) bond motifs is 1. The Morgan fingerprint density at radius 1 is 1.07 bits per heavy atom. The van der Waals surface area contributed by atoms with E-state index in [0.717, 1.165) is 11.1 Å². The fourth-order valence-electron chi connectivity index (χ4n) is 2.47. The first-order valence-corrected chi connectivity index (χ1v) is 9.41. The molecule has 0 radical (unpaired) electrons. The van der Waals surface area contributed by atoms with E-state index in [4.69, 9.17) is 8.83 Å². The van der Waals surface area contributed by atoms with Crippen molar-refractivity contribution in [3.8, 4) is 11.5 Å². The average molecular weight is 386 g/mol. The first-order valence-electron chi connectivity index (χ1n) is 7.93. The minimum Gasteiger partial charge on any atom is -0.419 e. The van der Waals surface area contributed by atoms with Crippen LogP contribution < -0.4 is 10.5 Å². The highest BCUT2D eigenvalue weighted by molar-refractivity contribution is 7.89. The Hall–Kier alpha value is -3.24. The Morgan fingerprint density at radius 3 is 2.63 bits per heavy atom. The van der Waals surface area contributed by atoms with Gasteiger partial charge in [0.1, 0.15) is 0 Å². The third-order valence-electron chi connectivity index (χ3n) is 3.88. The van der Waals surface area contributed by atoms with Gasteiger partial charge < -0.3 is 8.83 Å². The van der Waals surface area contributed by atoms with Gasteiger partial charge in [-0.3, -0.25) is 4.98 Å². The van der Waals surface area contributed by atoms with Crippen LogP contribution in [0, 0.1) is 6.92 Å². The van der Waals surface area contributed by atoms with E-state index in [1.54, 1.807) is 0 Å². The van der Waals surface area contributed by atoms with Crippen LogP contribution in [0.2, 0.25) is 0 Å². The number of benzene rings is 2. The van der Waals surface area contributed by atoms with Crippen LogP contribution in [0.25, 0.3) is 22.6 Å². The summed E-state index contributed by atoms with van der Waals surface area (Å²) in [5.74, 6) is -0.217. The van der Waals surface area contributed by atoms with Crippen molar-refractivity contribution in [2.24, 2.45) is 0 Å². The topological polar surface area (TPSA) is 131 Å². The fourth-order valence-corrected chi connectivity index (χ4v) is 3.46. The second-order valence-corrected chi connectivity index (χ2v) is 7.63. The fraction of sp³-hybridized carbons (Fsp3) is 0.118. The van der Waals surface area contributed by atoms with E-state index < -0.39 is 15.8 Å². The highest BCUT2D eigenvalue weighted by Gasteiger charge is 2.18. The zero-order valence-electron chi connectivity index (χ0n) is 14.1. The second kappa shape index (κ2) is 6.49. The maximum absolute atomic E-state index is 12.4. The third kappa shape index (κ3) is 3.52. The van der Waals surface area contributed by atoms with Crippen LogP contribution in [0.4, 0.5) is 0 Å². The molecule has 0 unspecified atom stereocenters. The Labute approximate surface area is 153 Å². The Kier molecular flexibility index (Phi) is 4.13. The lowest BCUT2D eigenvalue weighted by Gasteiger charge is -2.04. The Bertz CT molecular complexity index is 1270. The van der Waals surface area contributed by atoms with Crippen molar-refractivity contribution in [2.75, 3.05) is 0 Å². The average Bonchev–Trinajstić information content (AvgIpc) is 3.25. The standard InChI is InChI=1S/C17H14N4O5S/c1-10-2-4-11(5-3-10)16-21-20-15(26-16)9-18-27(23,24)12-6-7-13-14(8-12)25-17(22)19-13/h2-8,18H,9H2,1H3,(H,19,22). The monoisotopic (exact) mass is 386 g/mol. The number of nitrogens with one attached hydrogen (secondary N) is 2. The molecule has 4 rings (SSSR count). The molecule has 2 aromatic carbocycles. The predicted octanol–water partition coefficient (Wildman–Crippen LogP) is 1.96. The molecule has 9 nitrogen and oxygen atoms in total. The van der Waals surface area contributed by atoms with Gasteiger partial charge in [-0.2, -0.15) is 0 Å². The molecule has 0 aliphatic carbocycles. The van der Waals surface area contributed by atoms with Crippen molar-refractivity contribution < 1.29 is 17.3 Å². The van der Waals surface area contributed by atoms with Gasteiger partial charge in [-0.25, -0.2) is 17.9 Å². The molecule has 0 atom stereocenters. The zero-order valence-corrected chi connectivity index (χ0v) is 14.9. The summed E-state index contributed by atoms with van der Waals surface area (Å²) in [4.78, 5) is 13.6. The van der Waals surface area contributed by atoms with E-state index in [2.05, 4.69) is 19.9 Å². The Balaban J connectivity index is 1.51. The van der Waals surface area contributed by atoms with Crippen molar-refractivity contribution in [1.29, 1.82) is 0 Å². The van der Waals surface area contributed by atoms with Crippen LogP contribution >= 0.6 is 0 Å². The quantitative estimate of drug-likeness (QED) is 0.536. The molecule has 10 heteroatoms. The first-order chi connectivity index (χ1) is 12.9. The van der Waals surface area contributed by atoms with E-state index in [1.165, 1.54) is 18.2 Å². The van der Waals surface area contributed by atoms with Gasteiger partial charge in [0.15, 0.2) is 5.58 Å². The molecule has 0 fully saturated rings. The van der Waals surface area contributed by atoms with Crippen LogP contribution in [0.15, 0.2) is 61.0 Å². The van der Waals surface area contributed by atoms with E-state index in [-0.39, 0.29) is 22.9 Å². The molecule has 0 aliphatic heterocycles. The molecule has 0 aliphatic rings. The summed E-state index contributed by atoms with van der Waals surface area (Å²) in [6.07, 6.45) is 0. The van der Waals surface area contributed by atoms with Gasteiger partial charge >= 0.3 is 5.76 Å². The number of sulfonamides is 1. The third-order valence-corrected chi connectivity index (χ3v) is 5.28. The van der Waals surface area contributed by atoms with Crippen molar-refractivity contribution >= 4 is 21.1 Å². The van der Waals surface area contributed by atoms with E-state index in [1.807, 2.05) is 31.2 Å². The summed E-state index contributed by atoms with van der Waals surface area (Å²) in [5, 5.41) is 7.78. The van der Waals surface area contributed by atoms with Crippen LogP contribution in [0.1, 0.15) is 11.5 Å². The van der Waals surface area contributed by atoms with Gasteiger partial charge in [-0.05, 0) is 31.2 Å². The molecule has 0 saturated carbocycles. The summed E-state index contributed by atoms with van der Waals surface area (Å²) in [5.41, 5.74) is 2.41. The molecular formula is C17H14N4O5S. The number of H-pyrrole nitrogens is 1. The van der Waals surface area contributed by atoms with Crippen molar-refractivity contribution in [2.45, 2.75) is 18.4 Å². The number of oxazole rings is 1. The number of rotatable bonds is 5. The van der Waals surface area contributed by atoms with Crippen molar-refractivity contribution in [3.05, 3.63) is 64.5 Å². The second-order valence-electron chi connectivity index (χ2n) is 5.86. The number of aromatic nitrogens is 3. The summed E-state index contributed by atoms with van der Waals surface area (Å²) < 4.78 is 37.6. The maximum atomic E-state index is 12.4. The van der Waals surface area contributed by atoms with E-state index >= 15 is 0 Å². The number of aryl methyl sites for hydroxylation is 1. The summed E-state index contributed by atoms with van der Waals surface area (Å²) in [6.45, 7) is 1.80. The smallest absolute Gasteiger partial charge is 0.417 e. The molecule has 27 heavy (non-hydrogen) atoms. The van der Waals surface area contributed by atoms with Gasteiger partial charge in [-0.1, -0.05) is 17.7 Å². The molecule has 2 heterocycles. The van der Waals surface area contributed by atoms with Crippen LogP contribution in [0.5, 0.6) is 0 Å². The zero-order chi connectivity index (χ0) is 19.0. The molecule has 138 valence electrons. The van der Waals surface area contributed by atoms with Crippen LogP contribution in [0.3, 0.4) is 0 Å². The molecule has 0 amide bonds. The molecule has 2 N–H and O–H groups in total. The highest BCUT2D eigenvalue weighted by atomic mass is 32.2. The molecule has 0 spiro atoms. The molecule has 0 bridgehead atoms. The van der Waals surface area contributed by atoms with Crippen molar-refractivity contribution in [3.63, 3.8) is 0 Å². The molecule has 0 saturated heterocycles. The van der Waals surface area contributed by atoms with Gasteiger partial charge in [-0.15, -0.1) is 10.2 Å². The lowest BCUT2D eigenvalue weighted by atomic mass is 10.1. The first kappa shape index (κ1) is 17.2. The van der Waals surface area contributed by atoms with Crippen LogP contribution in [-0.2, 0) is 16.6 Å². The van der Waals surface area contributed by atoms with Gasteiger partial charge in [0.2, 0.25) is 21.8 Å². The summed E-state index contributed by atoms with van der Waals surface area (Å²) >= 11 is 0. The predicted molar refractivity (Wildman–Crippen MR) is 95.3 cm³/mol. The molecular weight excluding hydrogens is 372 g/mol. The Morgan fingerprint density at radius 2 is 1.85 bits per heavy atom. The van der Waals surface area contributed by atoms with Crippen LogP contribution in [-0.4, -0.2) is 23.6 Å². The maximum Gasteiger partial charge on any atom is 0.417 e. The number of hydrogen-bond donors (Lipinski definition) is 2. The normalized spacial score (nSPS) is 11.9. The van der Waals surface area contributed by atoms with E-state index in [9.17, 15) is 13.2 Å². The number of aromatic amines is 1.